The van der Waals surface area contributed by atoms with Gasteiger partial charge >= 0.3 is 0 Å². The Morgan fingerprint density at radius 2 is 1.47 bits per heavy atom. The van der Waals surface area contributed by atoms with Crippen LogP contribution >= 0.6 is 0 Å². The predicted molar refractivity (Wildman–Crippen MR) is 83.3 cm³/mol. The summed E-state index contributed by atoms with van der Waals surface area (Å²) >= 11 is 0. The lowest BCUT2D eigenvalue weighted by atomic mass is 9.92. The number of nitrogens with zero attached hydrogens (tertiary/aromatic N) is 1. The number of rotatable bonds is 13. The fourth-order valence-electron chi connectivity index (χ4n) is 2.23. The maximum absolute atomic E-state index is 5.84. The lowest BCUT2D eigenvalue weighted by Gasteiger charge is -2.32. The molecule has 0 atom stereocenters. The van der Waals surface area contributed by atoms with Crippen LogP contribution in [0.15, 0.2) is 0 Å². The first-order valence-electron chi connectivity index (χ1n) is 7.60. The molecule has 0 aliphatic carbocycles. The van der Waals surface area contributed by atoms with Crippen molar-refractivity contribution in [1.29, 1.82) is 0 Å². The molecule has 5 heteroatoms. The summed E-state index contributed by atoms with van der Waals surface area (Å²) in [6, 6.07) is 0. The van der Waals surface area contributed by atoms with Gasteiger partial charge in [-0.15, -0.1) is 0 Å². The summed E-state index contributed by atoms with van der Waals surface area (Å²) in [6.07, 6.45) is 4.45. The first-order chi connectivity index (χ1) is 9.17. The Bertz CT molecular complexity index is 185. The van der Waals surface area contributed by atoms with Crippen LogP contribution in [0, 0.1) is 0 Å². The SMILES string of the molecule is CCOCN(CCCC(CC)(CC)O[SiH3])COCC. The molecule has 0 heterocycles. The van der Waals surface area contributed by atoms with Gasteiger partial charge in [0.2, 0.25) is 0 Å². The topological polar surface area (TPSA) is 30.9 Å². The molecule has 4 nitrogen and oxygen atoms in total. The molecule has 0 bridgehead atoms. The second kappa shape index (κ2) is 11.8. The summed E-state index contributed by atoms with van der Waals surface area (Å²) in [5.74, 6) is 0. The van der Waals surface area contributed by atoms with E-state index in [-0.39, 0.29) is 5.60 Å². The highest BCUT2D eigenvalue weighted by Crippen LogP contribution is 2.25. The molecule has 0 radical (unpaired) electrons. The fraction of sp³-hybridized carbons (Fsp3) is 1.00. The molecule has 19 heavy (non-hydrogen) atoms. The first-order valence-corrected chi connectivity index (χ1v) is 8.42. The van der Waals surface area contributed by atoms with Crippen molar-refractivity contribution in [2.24, 2.45) is 0 Å². The molecule has 0 fully saturated rings. The van der Waals surface area contributed by atoms with Crippen molar-refractivity contribution in [2.75, 3.05) is 33.2 Å². The molecule has 0 amide bonds. The minimum Gasteiger partial charge on any atom is -0.422 e. The van der Waals surface area contributed by atoms with Crippen molar-refractivity contribution in [1.82, 2.24) is 4.90 Å². The predicted octanol–water partition coefficient (Wildman–Crippen LogP) is 1.91. The molecule has 0 spiro atoms. The van der Waals surface area contributed by atoms with Gasteiger partial charge in [0.1, 0.15) is 23.9 Å². The lowest BCUT2D eigenvalue weighted by molar-refractivity contribution is -0.0428. The third-order valence-electron chi connectivity index (χ3n) is 3.78. The van der Waals surface area contributed by atoms with Crippen molar-refractivity contribution in [3.8, 4) is 0 Å². The summed E-state index contributed by atoms with van der Waals surface area (Å²) in [6.45, 7) is 12.3. The Balaban J connectivity index is 4.07. The average Bonchev–Trinajstić information content (AvgIpc) is 2.46. The molecule has 0 N–H and O–H groups in total. The Hall–Kier alpha value is 0.0569. The number of hydrogen-bond acceptors (Lipinski definition) is 4. The van der Waals surface area contributed by atoms with E-state index in [1.54, 1.807) is 0 Å². The molecule has 0 aromatic carbocycles. The van der Waals surface area contributed by atoms with Crippen molar-refractivity contribution in [3.63, 3.8) is 0 Å². The van der Waals surface area contributed by atoms with Gasteiger partial charge in [-0.3, -0.25) is 4.90 Å². The molecule has 0 unspecified atom stereocenters. The molecule has 0 aromatic rings. The standard InChI is InChI=1S/C14H33NO3Si/c1-5-14(6-2,18-19)10-9-11-15(12-16-7-3)13-17-8-4/h5-13H2,1-4,19H3. The molecule has 0 saturated heterocycles. The lowest BCUT2D eigenvalue weighted by Crippen LogP contribution is -2.34. The third-order valence-corrected chi connectivity index (χ3v) is 4.65. The minimum atomic E-state index is 0.106. The van der Waals surface area contributed by atoms with Crippen LogP contribution in [0.5, 0.6) is 0 Å². The van der Waals surface area contributed by atoms with Gasteiger partial charge < -0.3 is 13.9 Å². The van der Waals surface area contributed by atoms with Crippen molar-refractivity contribution in [2.45, 2.75) is 59.0 Å². The van der Waals surface area contributed by atoms with Crippen LogP contribution in [0.2, 0.25) is 0 Å². The normalized spacial score (nSPS) is 12.5. The van der Waals surface area contributed by atoms with Crippen LogP contribution in [0.3, 0.4) is 0 Å². The maximum Gasteiger partial charge on any atom is 0.146 e. The quantitative estimate of drug-likeness (QED) is 0.383. The molecule has 0 saturated carbocycles. The van der Waals surface area contributed by atoms with Crippen LogP contribution in [0.1, 0.15) is 53.4 Å². The molecular weight excluding hydrogens is 258 g/mol. The van der Waals surface area contributed by atoms with Crippen molar-refractivity contribution >= 4 is 10.5 Å². The zero-order chi connectivity index (χ0) is 14.6. The van der Waals surface area contributed by atoms with Gasteiger partial charge in [-0.05, 0) is 39.5 Å². The van der Waals surface area contributed by atoms with Gasteiger partial charge in [-0.1, -0.05) is 13.8 Å². The Morgan fingerprint density at radius 3 is 1.84 bits per heavy atom. The first kappa shape index (κ1) is 19.1. The van der Waals surface area contributed by atoms with Gasteiger partial charge in [0, 0.05) is 19.8 Å². The van der Waals surface area contributed by atoms with Gasteiger partial charge in [0.25, 0.3) is 0 Å². The van der Waals surface area contributed by atoms with Gasteiger partial charge in [-0.2, -0.15) is 0 Å². The summed E-state index contributed by atoms with van der Waals surface area (Å²) in [7, 11) is 0.819. The fourth-order valence-corrected chi connectivity index (χ4v) is 3.01. The minimum absolute atomic E-state index is 0.106. The van der Waals surface area contributed by atoms with E-state index in [1.165, 1.54) is 0 Å². The largest absolute Gasteiger partial charge is 0.422 e. The smallest absolute Gasteiger partial charge is 0.146 e. The third kappa shape index (κ3) is 8.04. The number of ether oxygens (including phenoxy) is 2. The molecule has 0 aliphatic heterocycles. The van der Waals surface area contributed by atoms with Crippen LogP contribution in [0.4, 0.5) is 0 Å². The summed E-state index contributed by atoms with van der Waals surface area (Å²) in [4.78, 5) is 2.22. The molecule has 0 rings (SSSR count). The highest BCUT2D eigenvalue weighted by atomic mass is 28.2. The second-order valence-electron chi connectivity index (χ2n) is 4.84. The van der Waals surface area contributed by atoms with E-state index in [1.807, 2.05) is 13.8 Å². The summed E-state index contributed by atoms with van der Waals surface area (Å²) < 4.78 is 16.8. The van der Waals surface area contributed by atoms with E-state index < -0.39 is 0 Å². The zero-order valence-electron chi connectivity index (χ0n) is 13.5. The summed E-state index contributed by atoms with van der Waals surface area (Å²) in [5.41, 5.74) is 0.106. The van der Waals surface area contributed by atoms with E-state index in [9.17, 15) is 0 Å². The number of hydrogen-bond donors (Lipinski definition) is 0. The summed E-state index contributed by atoms with van der Waals surface area (Å²) in [5, 5.41) is 0. The average molecular weight is 292 g/mol. The Labute approximate surface area is 122 Å². The van der Waals surface area contributed by atoms with Crippen LogP contribution in [-0.2, 0) is 13.9 Å². The van der Waals surface area contributed by atoms with Crippen LogP contribution in [0.25, 0.3) is 0 Å². The van der Waals surface area contributed by atoms with Crippen molar-refractivity contribution in [3.05, 3.63) is 0 Å². The highest BCUT2D eigenvalue weighted by Gasteiger charge is 2.24. The molecule has 0 aliphatic rings. The van der Waals surface area contributed by atoms with E-state index in [4.69, 9.17) is 13.9 Å². The van der Waals surface area contributed by atoms with E-state index in [0.29, 0.717) is 13.5 Å². The zero-order valence-corrected chi connectivity index (χ0v) is 15.5. The maximum atomic E-state index is 5.84. The second-order valence-corrected chi connectivity index (χ2v) is 5.24. The monoisotopic (exact) mass is 291 g/mol. The molecule has 116 valence electrons. The Kier molecular flexibility index (Phi) is 11.9. The Morgan fingerprint density at radius 1 is 0.947 bits per heavy atom. The van der Waals surface area contributed by atoms with Crippen LogP contribution in [-0.4, -0.2) is 54.2 Å². The molecule has 0 aromatic heterocycles. The van der Waals surface area contributed by atoms with Gasteiger partial charge in [0.15, 0.2) is 0 Å². The van der Waals surface area contributed by atoms with Crippen LogP contribution < -0.4 is 0 Å². The van der Waals surface area contributed by atoms with E-state index >= 15 is 0 Å². The molecular formula is C14H33NO3Si. The van der Waals surface area contributed by atoms with Crippen molar-refractivity contribution < 1.29 is 13.9 Å². The van der Waals surface area contributed by atoms with Gasteiger partial charge in [0.05, 0.1) is 5.60 Å². The van der Waals surface area contributed by atoms with Gasteiger partial charge in [-0.25, -0.2) is 0 Å². The highest BCUT2D eigenvalue weighted by molar-refractivity contribution is 5.98. The van der Waals surface area contributed by atoms with E-state index in [2.05, 4.69) is 18.7 Å². The van der Waals surface area contributed by atoms with E-state index in [0.717, 1.165) is 55.9 Å².